The lowest BCUT2D eigenvalue weighted by Gasteiger charge is -2.23. The van der Waals surface area contributed by atoms with Crippen molar-refractivity contribution in [3.63, 3.8) is 0 Å². The fourth-order valence-corrected chi connectivity index (χ4v) is 2.12. The minimum atomic E-state index is -0.168. The molecule has 0 unspecified atom stereocenters. The molecule has 0 spiro atoms. The van der Waals surface area contributed by atoms with E-state index in [1.807, 2.05) is 38.1 Å². The van der Waals surface area contributed by atoms with E-state index < -0.39 is 0 Å². The molecule has 0 aliphatic heterocycles. The average molecular weight is 267 g/mol. The van der Waals surface area contributed by atoms with Crippen LogP contribution in [0.5, 0.6) is 0 Å². The molecule has 3 nitrogen and oxygen atoms in total. The quantitative estimate of drug-likeness (QED) is 0.871. The minimum absolute atomic E-state index is 0.168. The van der Waals surface area contributed by atoms with Crippen molar-refractivity contribution in [2.24, 2.45) is 0 Å². The third kappa shape index (κ3) is 2.86. The Balaban J connectivity index is 2.06. The molecule has 0 aliphatic rings. The van der Waals surface area contributed by atoms with Crippen LogP contribution >= 0.6 is 11.6 Å². The van der Waals surface area contributed by atoms with E-state index in [0.717, 1.165) is 28.2 Å². The third-order valence-corrected chi connectivity index (χ3v) is 3.55. The SMILES string of the molecule is COC(C)(C)CNCc1[nH]c2ccccc2c1Cl. The normalized spacial score (nSPS) is 12.2. The fraction of sp³-hybridized carbons (Fsp3) is 0.429. The van der Waals surface area contributed by atoms with E-state index in [4.69, 9.17) is 16.3 Å². The maximum atomic E-state index is 6.34. The van der Waals surface area contributed by atoms with Crippen molar-refractivity contribution >= 4 is 22.5 Å². The number of rotatable bonds is 5. The number of para-hydroxylation sites is 1. The van der Waals surface area contributed by atoms with E-state index in [2.05, 4.69) is 10.3 Å². The van der Waals surface area contributed by atoms with Gasteiger partial charge in [0.05, 0.1) is 10.6 Å². The van der Waals surface area contributed by atoms with Gasteiger partial charge in [-0.25, -0.2) is 0 Å². The molecule has 4 heteroatoms. The van der Waals surface area contributed by atoms with Crippen molar-refractivity contribution in [2.45, 2.75) is 26.0 Å². The number of aromatic nitrogens is 1. The molecule has 0 aliphatic carbocycles. The van der Waals surface area contributed by atoms with Crippen LogP contribution in [0, 0.1) is 0 Å². The first-order valence-corrected chi connectivity index (χ1v) is 6.42. The zero-order valence-electron chi connectivity index (χ0n) is 11.0. The van der Waals surface area contributed by atoms with Crippen molar-refractivity contribution in [1.29, 1.82) is 0 Å². The van der Waals surface area contributed by atoms with Crippen LogP contribution in [0.3, 0.4) is 0 Å². The molecule has 0 saturated carbocycles. The molecule has 98 valence electrons. The molecular formula is C14H19ClN2O. The molecule has 2 rings (SSSR count). The molecule has 2 aromatic rings. The predicted octanol–water partition coefficient (Wildman–Crippen LogP) is 3.34. The highest BCUT2D eigenvalue weighted by Gasteiger charge is 2.16. The first-order chi connectivity index (χ1) is 8.53. The number of hydrogen-bond donors (Lipinski definition) is 2. The molecule has 1 aromatic carbocycles. The first-order valence-electron chi connectivity index (χ1n) is 6.04. The molecule has 0 atom stereocenters. The van der Waals surface area contributed by atoms with Gasteiger partial charge in [-0.05, 0) is 19.9 Å². The van der Waals surface area contributed by atoms with Crippen molar-refractivity contribution in [3.05, 3.63) is 35.0 Å². The lowest BCUT2D eigenvalue weighted by molar-refractivity contribution is 0.0230. The van der Waals surface area contributed by atoms with Gasteiger partial charge in [-0.15, -0.1) is 0 Å². The smallest absolute Gasteiger partial charge is 0.0746 e. The van der Waals surface area contributed by atoms with Crippen LogP contribution < -0.4 is 5.32 Å². The lowest BCUT2D eigenvalue weighted by Crippen LogP contribution is -2.36. The van der Waals surface area contributed by atoms with Crippen molar-refractivity contribution in [2.75, 3.05) is 13.7 Å². The van der Waals surface area contributed by atoms with Crippen LogP contribution in [0.2, 0.25) is 5.02 Å². The Labute approximate surface area is 112 Å². The second-order valence-electron chi connectivity index (χ2n) is 5.03. The Hall–Kier alpha value is -1.03. The van der Waals surface area contributed by atoms with Crippen molar-refractivity contribution < 1.29 is 4.74 Å². The number of methoxy groups -OCH3 is 1. The summed E-state index contributed by atoms with van der Waals surface area (Å²) in [6.45, 7) is 5.58. The van der Waals surface area contributed by atoms with Crippen molar-refractivity contribution in [1.82, 2.24) is 10.3 Å². The van der Waals surface area contributed by atoms with Crippen LogP contribution in [-0.2, 0) is 11.3 Å². The summed E-state index contributed by atoms with van der Waals surface area (Å²) in [6.07, 6.45) is 0. The van der Waals surface area contributed by atoms with Gasteiger partial charge in [0.15, 0.2) is 0 Å². The number of benzene rings is 1. The van der Waals surface area contributed by atoms with Crippen LogP contribution in [0.1, 0.15) is 19.5 Å². The Morgan fingerprint density at radius 3 is 2.72 bits per heavy atom. The van der Waals surface area contributed by atoms with Gasteiger partial charge in [0.1, 0.15) is 0 Å². The Morgan fingerprint density at radius 2 is 2.06 bits per heavy atom. The second kappa shape index (κ2) is 5.31. The second-order valence-corrected chi connectivity index (χ2v) is 5.41. The molecular weight excluding hydrogens is 248 g/mol. The highest BCUT2D eigenvalue weighted by Crippen LogP contribution is 2.26. The Bertz CT molecular complexity index is 534. The number of ether oxygens (including phenoxy) is 1. The van der Waals surface area contributed by atoms with Crippen LogP contribution in [0.15, 0.2) is 24.3 Å². The summed E-state index contributed by atoms with van der Waals surface area (Å²) in [6, 6.07) is 8.05. The van der Waals surface area contributed by atoms with E-state index in [0.29, 0.717) is 6.54 Å². The van der Waals surface area contributed by atoms with Gasteiger partial charge in [-0.2, -0.15) is 0 Å². The molecule has 0 saturated heterocycles. The third-order valence-electron chi connectivity index (χ3n) is 3.12. The lowest BCUT2D eigenvalue weighted by atomic mass is 10.1. The van der Waals surface area contributed by atoms with E-state index in [1.165, 1.54) is 0 Å². The fourth-order valence-electron chi connectivity index (χ4n) is 1.85. The van der Waals surface area contributed by atoms with E-state index >= 15 is 0 Å². The molecule has 0 radical (unpaired) electrons. The summed E-state index contributed by atoms with van der Waals surface area (Å²) in [5.74, 6) is 0. The first kappa shape index (κ1) is 13.4. The molecule has 0 fully saturated rings. The van der Waals surface area contributed by atoms with Gasteiger partial charge in [-0.1, -0.05) is 29.8 Å². The number of aromatic amines is 1. The average Bonchev–Trinajstić information content (AvgIpc) is 2.67. The van der Waals surface area contributed by atoms with E-state index in [1.54, 1.807) is 7.11 Å². The van der Waals surface area contributed by atoms with Crippen LogP contribution in [0.25, 0.3) is 10.9 Å². The number of hydrogen-bond acceptors (Lipinski definition) is 2. The number of halogens is 1. The van der Waals surface area contributed by atoms with E-state index in [-0.39, 0.29) is 5.60 Å². The topological polar surface area (TPSA) is 37.0 Å². The number of fused-ring (bicyclic) bond motifs is 1. The van der Waals surface area contributed by atoms with Gasteiger partial charge in [0.25, 0.3) is 0 Å². The number of H-pyrrole nitrogens is 1. The zero-order chi connectivity index (χ0) is 13.2. The minimum Gasteiger partial charge on any atom is -0.377 e. The standard InChI is InChI=1S/C14H19ClN2O/c1-14(2,18-3)9-16-8-12-13(15)10-6-4-5-7-11(10)17-12/h4-7,16-17H,8-9H2,1-3H3. The summed E-state index contributed by atoms with van der Waals surface area (Å²) < 4.78 is 5.36. The summed E-state index contributed by atoms with van der Waals surface area (Å²) in [5.41, 5.74) is 1.92. The van der Waals surface area contributed by atoms with Gasteiger partial charge >= 0.3 is 0 Å². The van der Waals surface area contributed by atoms with Crippen LogP contribution in [0.4, 0.5) is 0 Å². The molecule has 2 N–H and O–H groups in total. The van der Waals surface area contributed by atoms with Gasteiger partial charge in [-0.3, -0.25) is 0 Å². The Morgan fingerprint density at radius 1 is 1.33 bits per heavy atom. The summed E-state index contributed by atoms with van der Waals surface area (Å²) in [7, 11) is 1.72. The summed E-state index contributed by atoms with van der Waals surface area (Å²) in [5, 5.41) is 5.22. The maximum absolute atomic E-state index is 6.34. The van der Waals surface area contributed by atoms with E-state index in [9.17, 15) is 0 Å². The predicted molar refractivity (Wildman–Crippen MR) is 76.1 cm³/mol. The Kier molecular flexibility index (Phi) is 3.95. The summed E-state index contributed by atoms with van der Waals surface area (Å²) in [4.78, 5) is 3.33. The molecule has 0 bridgehead atoms. The van der Waals surface area contributed by atoms with Gasteiger partial charge < -0.3 is 15.0 Å². The molecule has 1 aromatic heterocycles. The highest BCUT2D eigenvalue weighted by atomic mass is 35.5. The van der Waals surface area contributed by atoms with Gasteiger partial charge in [0, 0.05) is 36.8 Å². The highest BCUT2D eigenvalue weighted by molar-refractivity contribution is 6.36. The number of nitrogens with one attached hydrogen (secondary N) is 2. The van der Waals surface area contributed by atoms with Crippen LogP contribution in [-0.4, -0.2) is 24.2 Å². The van der Waals surface area contributed by atoms with Gasteiger partial charge in [0.2, 0.25) is 0 Å². The van der Waals surface area contributed by atoms with Crippen molar-refractivity contribution in [3.8, 4) is 0 Å². The summed E-state index contributed by atoms with van der Waals surface area (Å²) >= 11 is 6.34. The molecule has 1 heterocycles. The molecule has 18 heavy (non-hydrogen) atoms. The monoisotopic (exact) mass is 266 g/mol. The molecule has 0 amide bonds. The zero-order valence-corrected chi connectivity index (χ0v) is 11.8. The largest absolute Gasteiger partial charge is 0.377 e. The maximum Gasteiger partial charge on any atom is 0.0746 e.